The Morgan fingerprint density at radius 2 is 2.11 bits per heavy atom. The van der Waals surface area contributed by atoms with E-state index in [-0.39, 0.29) is 5.78 Å². The van der Waals surface area contributed by atoms with Gasteiger partial charge in [-0.3, -0.25) is 4.79 Å². The first kappa shape index (κ1) is 12.4. The van der Waals surface area contributed by atoms with Gasteiger partial charge in [-0.15, -0.1) is 0 Å². The van der Waals surface area contributed by atoms with Gasteiger partial charge in [0.15, 0.2) is 5.78 Å². The van der Waals surface area contributed by atoms with Crippen LogP contribution in [-0.2, 0) is 0 Å². The van der Waals surface area contributed by atoms with Crippen molar-refractivity contribution < 1.29 is 4.79 Å². The van der Waals surface area contributed by atoms with E-state index in [4.69, 9.17) is 5.26 Å². The van der Waals surface area contributed by atoms with Crippen LogP contribution in [0.25, 0.3) is 0 Å². The van der Waals surface area contributed by atoms with Gasteiger partial charge in [-0.25, -0.2) is 0 Å². The smallest absolute Gasteiger partial charge is 0.164 e. The van der Waals surface area contributed by atoms with E-state index in [9.17, 15) is 4.79 Å². The molecule has 3 atom stereocenters. The zero-order chi connectivity index (χ0) is 13.2. The Balaban J connectivity index is 1.66. The Labute approximate surface area is 113 Å². The normalized spacial score (nSPS) is 28.9. The fraction of sp³-hybridized carbons (Fsp3) is 0.500. The van der Waals surface area contributed by atoms with Crippen molar-refractivity contribution in [1.82, 2.24) is 5.32 Å². The number of ketones is 1. The van der Waals surface area contributed by atoms with Crippen LogP contribution in [0, 0.1) is 23.2 Å². The fourth-order valence-corrected chi connectivity index (χ4v) is 3.57. The van der Waals surface area contributed by atoms with E-state index in [1.807, 2.05) is 0 Å². The Morgan fingerprint density at radius 3 is 2.84 bits per heavy atom. The summed E-state index contributed by atoms with van der Waals surface area (Å²) in [6, 6.07) is 9.39. The Morgan fingerprint density at radius 1 is 1.32 bits per heavy atom. The zero-order valence-electron chi connectivity index (χ0n) is 10.9. The van der Waals surface area contributed by atoms with Crippen molar-refractivity contribution >= 4 is 5.78 Å². The SMILES string of the molecule is N#Cc1ccc(C(=O)CC2NCC3CCCC32)cc1. The molecule has 1 heterocycles. The minimum Gasteiger partial charge on any atom is -0.313 e. The van der Waals surface area contributed by atoms with Gasteiger partial charge in [-0.1, -0.05) is 18.6 Å². The lowest BCUT2D eigenvalue weighted by atomic mass is 9.90. The van der Waals surface area contributed by atoms with Crippen molar-refractivity contribution in [3.05, 3.63) is 35.4 Å². The number of benzene rings is 1. The molecule has 0 radical (unpaired) electrons. The van der Waals surface area contributed by atoms with Crippen LogP contribution >= 0.6 is 0 Å². The van der Waals surface area contributed by atoms with E-state index in [0.29, 0.717) is 23.9 Å². The molecule has 3 nitrogen and oxygen atoms in total. The number of carbonyl (C=O) groups is 1. The summed E-state index contributed by atoms with van der Waals surface area (Å²) in [5.41, 5.74) is 1.33. The number of rotatable bonds is 3. The molecule has 1 aromatic carbocycles. The van der Waals surface area contributed by atoms with Crippen molar-refractivity contribution in [3.8, 4) is 6.07 Å². The van der Waals surface area contributed by atoms with Gasteiger partial charge in [-0.05, 0) is 43.4 Å². The number of fused-ring (bicyclic) bond motifs is 1. The molecule has 1 aliphatic heterocycles. The predicted octanol–water partition coefficient (Wildman–Crippen LogP) is 2.52. The molecule has 0 bridgehead atoms. The first-order valence-electron chi connectivity index (χ1n) is 7.04. The predicted molar refractivity (Wildman–Crippen MR) is 72.7 cm³/mol. The van der Waals surface area contributed by atoms with Crippen LogP contribution in [0.2, 0.25) is 0 Å². The summed E-state index contributed by atoms with van der Waals surface area (Å²) in [5.74, 6) is 1.68. The highest BCUT2D eigenvalue weighted by Crippen LogP contribution is 2.38. The lowest BCUT2D eigenvalue weighted by molar-refractivity contribution is 0.0963. The van der Waals surface area contributed by atoms with Gasteiger partial charge < -0.3 is 5.32 Å². The van der Waals surface area contributed by atoms with Gasteiger partial charge in [-0.2, -0.15) is 5.26 Å². The van der Waals surface area contributed by atoms with Gasteiger partial charge in [0.25, 0.3) is 0 Å². The van der Waals surface area contributed by atoms with Crippen molar-refractivity contribution in [2.75, 3.05) is 6.54 Å². The molecule has 0 aromatic heterocycles. The molecule has 1 saturated heterocycles. The van der Waals surface area contributed by atoms with Crippen molar-refractivity contribution in [1.29, 1.82) is 5.26 Å². The van der Waals surface area contributed by atoms with E-state index >= 15 is 0 Å². The first-order valence-corrected chi connectivity index (χ1v) is 7.04. The minimum absolute atomic E-state index is 0.189. The molecule has 1 aliphatic carbocycles. The summed E-state index contributed by atoms with van der Waals surface area (Å²) in [6.45, 7) is 1.08. The van der Waals surface area contributed by atoms with E-state index in [1.54, 1.807) is 24.3 Å². The van der Waals surface area contributed by atoms with Crippen LogP contribution in [0.4, 0.5) is 0 Å². The fourth-order valence-electron chi connectivity index (χ4n) is 3.57. The molecule has 19 heavy (non-hydrogen) atoms. The summed E-state index contributed by atoms with van der Waals surface area (Å²) in [4.78, 5) is 12.3. The van der Waals surface area contributed by atoms with E-state index < -0.39 is 0 Å². The topological polar surface area (TPSA) is 52.9 Å². The third kappa shape index (κ3) is 2.41. The van der Waals surface area contributed by atoms with E-state index in [1.165, 1.54) is 19.3 Å². The highest BCUT2D eigenvalue weighted by Gasteiger charge is 2.39. The Hall–Kier alpha value is -1.66. The molecule has 1 aromatic rings. The van der Waals surface area contributed by atoms with Crippen molar-refractivity contribution in [2.45, 2.75) is 31.7 Å². The summed E-state index contributed by atoms with van der Waals surface area (Å²) in [6.07, 6.45) is 4.49. The third-order valence-corrected chi connectivity index (χ3v) is 4.62. The second-order valence-corrected chi connectivity index (χ2v) is 5.69. The van der Waals surface area contributed by atoms with Crippen LogP contribution in [0.1, 0.15) is 41.6 Å². The summed E-state index contributed by atoms with van der Waals surface area (Å²) in [7, 11) is 0. The molecule has 3 unspecified atom stereocenters. The van der Waals surface area contributed by atoms with Gasteiger partial charge in [0.1, 0.15) is 0 Å². The average molecular weight is 254 g/mol. The molecule has 0 amide bonds. The lowest BCUT2D eigenvalue weighted by Gasteiger charge is -2.17. The standard InChI is InChI=1S/C16H18N2O/c17-9-11-4-6-12(7-5-11)16(19)8-15-14-3-1-2-13(14)10-18-15/h4-7,13-15,18H,1-3,8,10H2. The minimum atomic E-state index is 0.189. The number of hydrogen-bond donors (Lipinski definition) is 1. The highest BCUT2D eigenvalue weighted by atomic mass is 16.1. The highest BCUT2D eigenvalue weighted by molar-refractivity contribution is 5.96. The van der Waals surface area contributed by atoms with Crippen molar-refractivity contribution in [3.63, 3.8) is 0 Å². The van der Waals surface area contributed by atoms with Gasteiger partial charge in [0, 0.05) is 18.0 Å². The molecule has 1 saturated carbocycles. The summed E-state index contributed by atoms with van der Waals surface area (Å²) >= 11 is 0. The number of hydrogen-bond acceptors (Lipinski definition) is 3. The Bertz CT molecular complexity index is 515. The van der Waals surface area contributed by atoms with Gasteiger partial charge >= 0.3 is 0 Å². The number of nitrogens with one attached hydrogen (secondary N) is 1. The molecule has 2 aliphatic rings. The van der Waals surface area contributed by atoms with Crippen LogP contribution < -0.4 is 5.32 Å². The number of carbonyl (C=O) groups excluding carboxylic acids is 1. The monoisotopic (exact) mass is 254 g/mol. The van der Waals surface area contributed by atoms with Gasteiger partial charge in [0.2, 0.25) is 0 Å². The van der Waals surface area contributed by atoms with Crippen LogP contribution in [0.15, 0.2) is 24.3 Å². The van der Waals surface area contributed by atoms with Gasteiger partial charge in [0.05, 0.1) is 11.6 Å². The summed E-state index contributed by atoms with van der Waals surface area (Å²) in [5, 5.41) is 12.3. The average Bonchev–Trinajstić information content (AvgIpc) is 3.04. The molecule has 98 valence electrons. The second-order valence-electron chi connectivity index (χ2n) is 5.69. The maximum atomic E-state index is 12.3. The molecular weight excluding hydrogens is 236 g/mol. The van der Waals surface area contributed by atoms with Crippen molar-refractivity contribution in [2.24, 2.45) is 11.8 Å². The zero-order valence-corrected chi connectivity index (χ0v) is 10.9. The number of nitrogens with zero attached hydrogens (tertiary/aromatic N) is 1. The molecule has 1 N–H and O–H groups in total. The molecule has 3 heteroatoms. The number of Topliss-reactive ketones (excluding diaryl/α,β-unsaturated/α-hetero) is 1. The maximum Gasteiger partial charge on any atom is 0.164 e. The first-order chi connectivity index (χ1) is 9.28. The van der Waals surface area contributed by atoms with Crippen LogP contribution in [-0.4, -0.2) is 18.4 Å². The van der Waals surface area contributed by atoms with E-state index in [2.05, 4.69) is 11.4 Å². The van der Waals surface area contributed by atoms with Crippen LogP contribution in [0.3, 0.4) is 0 Å². The largest absolute Gasteiger partial charge is 0.313 e. The lowest BCUT2D eigenvalue weighted by Crippen LogP contribution is -2.29. The third-order valence-electron chi connectivity index (χ3n) is 4.62. The second kappa shape index (κ2) is 5.14. The van der Waals surface area contributed by atoms with Crippen LogP contribution in [0.5, 0.6) is 0 Å². The number of nitriles is 1. The molecule has 0 spiro atoms. The molecule has 2 fully saturated rings. The summed E-state index contributed by atoms with van der Waals surface area (Å²) < 4.78 is 0. The molecular formula is C16H18N2O. The quantitative estimate of drug-likeness (QED) is 0.843. The van der Waals surface area contributed by atoms with E-state index in [0.717, 1.165) is 18.0 Å². The molecule has 3 rings (SSSR count). The maximum absolute atomic E-state index is 12.3. The Kier molecular flexibility index (Phi) is 3.35.